The van der Waals surface area contributed by atoms with Crippen molar-refractivity contribution in [1.82, 2.24) is 4.90 Å². The van der Waals surface area contributed by atoms with Gasteiger partial charge in [-0.05, 0) is 97.1 Å². The number of aromatic carboxylic acids is 1. The summed E-state index contributed by atoms with van der Waals surface area (Å²) in [5.74, 6) is 0.159. The van der Waals surface area contributed by atoms with Gasteiger partial charge in [-0.2, -0.15) is 0 Å². The Bertz CT molecular complexity index is 1100. The van der Waals surface area contributed by atoms with Crippen molar-refractivity contribution < 1.29 is 24.2 Å². The summed E-state index contributed by atoms with van der Waals surface area (Å²) in [6.07, 6.45) is 1.81. The Hall–Kier alpha value is -2.53. The molecule has 0 spiro atoms. The number of ether oxygens (including phenoxy) is 2. The first-order valence-corrected chi connectivity index (χ1v) is 12.0. The lowest BCUT2D eigenvalue weighted by Gasteiger charge is -2.14. The number of hydrogen-bond acceptors (Lipinski definition) is 6. The minimum atomic E-state index is -1.02. The fourth-order valence-corrected chi connectivity index (χ4v) is 4.90. The molecule has 3 rings (SSSR count). The highest BCUT2D eigenvalue weighted by Crippen LogP contribution is 2.38. The number of halogens is 1. The van der Waals surface area contributed by atoms with Crippen LogP contribution in [-0.4, -0.2) is 46.8 Å². The predicted molar refractivity (Wildman–Crippen MR) is 135 cm³/mol. The Labute approximate surface area is 204 Å². The number of benzene rings is 2. The molecule has 0 radical (unpaired) electrons. The third-order valence-electron chi connectivity index (χ3n) is 4.44. The average Bonchev–Trinajstić information content (AvgIpc) is 3.04. The predicted octanol–water partition coefficient (Wildman–Crippen LogP) is 5.41. The number of rotatable bonds is 8. The second-order valence-corrected chi connectivity index (χ2v) is 8.78. The van der Waals surface area contributed by atoms with Gasteiger partial charge in [0.05, 0.1) is 32.9 Å². The fourth-order valence-electron chi connectivity index (χ4n) is 3.06. The van der Waals surface area contributed by atoms with E-state index in [1.807, 2.05) is 39.0 Å². The van der Waals surface area contributed by atoms with E-state index in [2.05, 4.69) is 27.6 Å². The smallest absolute Gasteiger partial charge is 0.335 e. The van der Waals surface area contributed by atoms with Gasteiger partial charge in [0.25, 0.3) is 5.91 Å². The molecule has 1 saturated heterocycles. The van der Waals surface area contributed by atoms with Crippen LogP contribution in [0.4, 0.5) is 5.69 Å². The van der Waals surface area contributed by atoms with Crippen molar-refractivity contribution in [2.24, 2.45) is 4.99 Å². The van der Waals surface area contributed by atoms with Crippen molar-refractivity contribution in [3.05, 3.63) is 56.0 Å². The van der Waals surface area contributed by atoms with E-state index in [9.17, 15) is 14.7 Å². The molecule has 1 N–H and O–H groups in total. The molecule has 1 amide bonds. The lowest BCUT2D eigenvalue weighted by Crippen LogP contribution is -2.28. The second kappa shape index (κ2) is 10.9. The summed E-state index contributed by atoms with van der Waals surface area (Å²) < 4.78 is 12.4. The monoisotopic (exact) mass is 566 g/mol. The van der Waals surface area contributed by atoms with Gasteiger partial charge in [-0.15, -0.1) is 0 Å². The molecular formula is C23H23IN2O5S. The Morgan fingerprint density at radius 2 is 1.94 bits per heavy atom. The zero-order chi connectivity index (χ0) is 23.3. The number of amides is 1. The molecule has 32 heavy (non-hydrogen) atoms. The molecule has 1 heterocycles. The standard InChI is InChI=1S/C23H23IN2O5S/c1-4-26-21(27)19(32-23(26)25-16-9-7-8-15(13-16)22(28)29)12-14-10-17(24)20(31-6-3)18(11-14)30-5-2/h7-13H,4-6H2,1-3H3,(H,28,29)/b19-12+,25-23?. The number of carbonyl (C=O) groups is 2. The summed E-state index contributed by atoms with van der Waals surface area (Å²) in [6.45, 7) is 7.18. The van der Waals surface area contributed by atoms with Crippen molar-refractivity contribution in [2.45, 2.75) is 20.8 Å². The number of carbonyl (C=O) groups excluding carboxylic acids is 1. The Morgan fingerprint density at radius 1 is 1.19 bits per heavy atom. The normalized spacial score (nSPS) is 16.1. The summed E-state index contributed by atoms with van der Waals surface area (Å²) >= 11 is 3.46. The Kier molecular flexibility index (Phi) is 8.19. The molecule has 0 unspecified atom stereocenters. The van der Waals surface area contributed by atoms with Gasteiger partial charge in [0.1, 0.15) is 0 Å². The number of carboxylic acids is 1. The van der Waals surface area contributed by atoms with Crippen molar-refractivity contribution in [2.75, 3.05) is 19.8 Å². The number of carboxylic acid groups (broad SMARTS) is 1. The van der Waals surface area contributed by atoms with E-state index in [0.717, 1.165) is 9.13 Å². The maximum atomic E-state index is 13.0. The van der Waals surface area contributed by atoms with Crippen LogP contribution in [0.25, 0.3) is 6.08 Å². The van der Waals surface area contributed by atoms with E-state index in [1.165, 1.54) is 23.9 Å². The van der Waals surface area contributed by atoms with Gasteiger partial charge in [0.15, 0.2) is 16.7 Å². The molecule has 0 aliphatic carbocycles. The molecule has 0 aromatic heterocycles. The molecule has 9 heteroatoms. The Morgan fingerprint density at radius 3 is 2.59 bits per heavy atom. The molecule has 7 nitrogen and oxygen atoms in total. The summed E-state index contributed by atoms with van der Waals surface area (Å²) in [5, 5.41) is 9.72. The Balaban J connectivity index is 1.97. The first-order valence-electron chi connectivity index (χ1n) is 10.1. The maximum Gasteiger partial charge on any atom is 0.335 e. The van der Waals surface area contributed by atoms with Gasteiger partial charge in [-0.1, -0.05) is 6.07 Å². The minimum Gasteiger partial charge on any atom is -0.490 e. The molecule has 1 aliphatic rings. The van der Waals surface area contributed by atoms with Gasteiger partial charge < -0.3 is 14.6 Å². The van der Waals surface area contributed by atoms with Crippen LogP contribution in [0.1, 0.15) is 36.7 Å². The molecular weight excluding hydrogens is 543 g/mol. The topological polar surface area (TPSA) is 88.4 Å². The summed E-state index contributed by atoms with van der Waals surface area (Å²) in [7, 11) is 0. The molecule has 0 saturated carbocycles. The molecule has 2 aromatic carbocycles. The summed E-state index contributed by atoms with van der Waals surface area (Å²) in [5.41, 5.74) is 1.45. The largest absolute Gasteiger partial charge is 0.490 e. The van der Waals surface area contributed by atoms with Crippen LogP contribution in [0.15, 0.2) is 46.3 Å². The van der Waals surface area contributed by atoms with Crippen LogP contribution in [0.2, 0.25) is 0 Å². The molecule has 0 bridgehead atoms. The van der Waals surface area contributed by atoms with Gasteiger partial charge in [-0.3, -0.25) is 9.69 Å². The number of likely N-dealkylation sites (N-methyl/N-ethyl adjacent to an activating group) is 1. The zero-order valence-corrected chi connectivity index (χ0v) is 20.9. The zero-order valence-electron chi connectivity index (χ0n) is 17.9. The van der Waals surface area contributed by atoms with Crippen LogP contribution >= 0.6 is 34.4 Å². The molecule has 2 aromatic rings. The first kappa shape index (κ1) is 24.1. The molecule has 1 fully saturated rings. The number of hydrogen-bond donors (Lipinski definition) is 1. The van der Waals surface area contributed by atoms with Crippen LogP contribution < -0.4 is 9.47 Å². The first-order chi connectivity index (χ1) is 15.4. The third kappa shape index (κ3) is 5.44. The van der Waals surface area contributed by atoms with E-state index in [-0.39, 0.29) is 11.5 Å². The van der Waals surface area contributed by atoms with E-state index < -0.39 is 5.97 Å². The summed E-state index contributed by atoms with van der Waals surface area (Å²) in [6, 6.07) is 10.1. The number of nitrogens with zero attached hydrogens (tertiary/aromatic N) is 2. The van der Waals surface area contributed by atoms with Crippen LogP contribution in [0.5, 0.6) is 11.5 Å². The van der Waals surface area contributed by atoms with E-state index >= 15 is 0 Å². The van der Waals surface area contributed by atoms with Crippen molar-refractivity contribution >= 4 is 63.2 Å². The van der Waals surface area contributed by atoms with E-state index in [0.29, 0.717) is 47.0 Å². The number of aliphatic imine (C=N–C) groups is 1. The van der Waals surface area contributed by atoms with Gasteiger partial charge in [0.2, 0.25) is 0 Å². The highest BCUT2D eigenvalue weighted by atomic mass is 127. The number of amidine groups is 1. The molecule has 0 atom stereocenters. The van der Waals surface area contributed by atoms with Crippen molar-refractivity contribution in [3.8, 4) is 11.5 Å². The summed E-state index contributed by atoms with van der Waals surface area (Å²) in [4.78, 5) is 30.9. The second-order valence-electron chi connectivity index (χ2n) is 6.61. The lowest BCUT2D eigenvalue weighted by molar-refractivity contribution is -0.122. The lowest BCUT2D eigenvalue weighted by atomic mass is 10.2. The van der Waals surface area contributed by atoms with Gasteiger partial charge >= 0.3 is 5.97 Å². The van der Waals surface area contributed by atoms with Gasteiger partial charge in [0, 0.05) is 6.54 Å². The maximum absolute atomic E-state index is 13.0. The van der Waals surface area contributed by atoms with Crippen LogP contribution in [-0.2, 0) is 4.79 Å². The SMILES string of the molecule is CCOc1cc(/C=C2/SC(=Nc3cccc(C(=O)O)c3)N(CC)C2=O)cc(I)c1OCC. The van der Waals surface area contributed by atoms with Crippen LogP contribution in [0, 0.1) is 3.57 Å². The molecule has 1 aliphatic heterocycles. The fraction of sp³-hybridized carbons (Fsp3) is 0.261. The quantitative estimate of drug-likeness (QED) is 0.340. The van der Waals surface area contributed by atoms with Gasteiger partial charge in [-0.25, -0.2) is 9.79 Å². The highest BCUT2D eigenvalue weighted by Gasteiger charge is 2.32. The van der Waals surface area contributed by atoms with Crippen LogP contribution in [0.3, 0.4) is 0 Å². The van der Waals surface area contributed by atoms with Crippen molar-refractivity contribution in [3.63, 3.8) is 0 Å². The average molecular weight is 566 g/mol. The third-order valence-corrected chi connectivity index (χ3v) is 6.25. The number of thioether (sulfide) groups is 1. The highest BCUT2D eigenvalue weighted by molar-refractivity contribution is 14.1. The van der Waals surface area contributed by atoms with E-state index in [4.69, 9.17) is 9.47 Å². The molecule has 168 valence electrons. The van der Waals surface area contributed by atoms with Crippen molar-refractivity contribution in [1.29, 1.82) is 0 Å². The minimum absolute atomic E-state index is 0.146. The van der Waals surface area contributed by atoms with E-state index in [1.54, 1.807) is 17.0 Å².